The van der Waals surface area contributed by atoms with Crippen molar-refractivity contribution in [3.63, 3.8) is 0 Å². The molecule has 1 aliphatic rings. The third-order valence-corrected chi connectivity index (χ3v) is 2.90. The number of rotatable bonds is 6. The van der Waals surface area contributed by atoms with Gasteiger partial charge in [0.2, 0.25) is 0 Å². The third-order valence-electron chi connectivity index (χ3n) is 2.90. The van der Waals surface area contributed by atoms with Crippen molar-refractivity contribution in [2.45, 2.75) is 32.0 Å². The molecule has 0 aliphatic heterocycles. The van der Waals surface area contributed by atoms with Gasteiger partial charge in [-0.15, -0.1) is 0 Å². The largest absolute Gasteiger partial charge is 0.490 e. The van der Waals surface area contributed by atoms with E-state index in [1.165, 1.54) is 7.11 Å². The summed E-state index contributed by atoms with van der Waals surface area (Å²) in [5.41, 5.74) is 0. The smallest absolute Gasteiger partial charge is 0.169 e. The minimum atomic E-state index is -0.441. The Balaban J connectivity index is 2.02. The van der Waals surface area contributed by atoms with E-state index < -0.39 is 6.10 Å². The van der Waals surface area contributed by atoms with Crippen LogP contribution in [0.3, 0.4) is 0 Å². The molecule has 1 aliphatic carbocycles. The van der Waals surface area contributed by atoms with Crippen LogP contribution in [0.25, 0.3) is 0 Å². The van der Waals surface area contributed by atoms with Crippen molar-refractivity contribution in [3.05, 3.63) is 24.3 Å². The van der Waals surface area contributed by atoms with Crippen LogP contribution in [0, 0.1) is 0 Å². The molecule has 0 bridgehead atoms. The summed E-state index contributed by atoms with van der Waals surface area (Å²) >= 11 is 0. The van der Waals surface area contributed by atoms with Crippen LogP contribution in [0.4, 0.5) is 0 Å². The number of para-hydroxylation sites is 2. The molecular formula is C14H18O4. The fraction of sp³-hybridized carbons (Fsp3) is 0.500. The molecule has 0 radical (unpaired) electrons. The number of carbonyl (C=O) groups is 1. The first-order valence-corrected chi connectivity index (χ1v) is 6.20. The Morgan fingerprint density at radius 2 is 2.00 bits per heavy atom. The number of hydrogen-bond donors (Lipinski definition) is 0. The van der Waals surface area contributed by atoms with Crippen LogP contribution in [0.2, 0.25) is 0 Å². The van der Waals surface area contributed by atoms with Crippen molar-refractivity contribution in [1.29, 1.82) is 0 Å². The molecule has 0 aromatic heterocycles. The standard InChI is InChI=1S/C14H18O4/c1-3-8-17-11-6-4-5-7-12(11)18-13-9-10(15)14(13)16-2/h4-7,13-14H,3,8-9H2,1-2H3. The van der Waals surface area contributed by atoms with E-state index in [2.05, 4.69) is 6.92 Å². The molecule has 18 heavy (non-hydrogen) atoms. The molecule has 4 nitrogen and oxygen atoms in total. The average molecular weight is 250 g/mol. The van der Waals surface area contributed by atoms with E-state index in [-0.39, 0.29) is 11.9 Å². The lowest BCUT2D eigenvalue weighted by molar-refractivity contribution is -0.151. The van der Waals surface area contributed by atoms with Crippen molar-refractivity contribution in [2.24, 2.45) is 0 Å². The van der Waals surface area contributed by atoms with Crippen LogP contribution in [-0.4, -0.2) is 31.7 Å². The molecule has 0 spiro atoms. The van der Waals surface area contributed by atoms with Gasteiger partial charge in [0.05, 0.1) is 6.61 Å². The van der Waals surface area contributed by atoms with E-state index in [1.54, 1.807) is 0 Å². The van der Waals surface area contributed by atoms with Crippen molar-refractivity contribution in [3.8, 4) is 11.5 Å². The van der Waals surface area contributed by atoms with Crippen molar-refractivity contribution < 1.29 is 19.0 Å². The molecule has 0 heterocycles. The van der Waals surface area contributed by atoms with Crippen LogP contribution >= 0.6 is 0 Å². The quantitative estimate of drug-likeness (QED) is 0.776. The predicted octanol–water partition coefficient (Wildman–Crippen LogP) is 2.21. The van der Waals surface area contributed by atoms with Crippen LogP contribution < -0.4 is 9.47 Å². The maximum absolute atomic E-state index is 11.3. The van der Waals surface area contributed by atoms with Gasteiger partial charge in [-0.25, -0.2) is 0 Å². The summed E-state index contributed by atoms with van der Waals surface area (Å²) in [6.45, 7) is 2.70. The zero-order valence-electron chi connectivity index (χ0n) is 10.7. The molecule has 2 rings (SSSR count). The van der Waals surface area contributed by atoms with Gasteiger partial charge in [0.25, 0.3) is 0 Å². The van der Waals surface area contributed by atoms with Gasteiger partial charge < -0.3 is 14.2 Å². The summed E-state index contributed by atoms with van der Waals surface area (Å²) < 4.78 is 16.5. The van der Waals surface area contributed by atoms with E-state index in [0.717, 1.165) is 6.42 Å². The number of hydrogen-bond acceptors (Lipinski definition) is 4. The van der Waals surface area contributed by atoms with Crippen molar-refractivity contribution >= 4 is 5.78 Å². The average Bonchev–Trinajstić information content (AvgIpc) is 2.37. The molecule has 2 unspecified atom stereocenters. The minimum absolute atomic E-state index is 0.0921. The van der Waals surface area contributed by atoms with Gasteiger partial charge in [-0.2, -0.15) is 0 Å². The molecule has 1 saturated carbocycles. The molecule has 4 heteroatoms. The highest BCUT2D eigenvalue weighted by molar-refractivity contribution is 5.90. The second kappa shape index (κ2) is 5.87. The Bertz CT molecular complexity index is 416. The summed E-state index contributed by atoms with van der Waals surface area (Å²) in [4.78, 5) is 11.3. The summed E-state index contributed by atoms with van der Waals surface area (Å²) in [5.74, 6) is 1.48. The fourth-order valence-corrected chi connectivity index (χ4v) is 1.90. The van der Waals surface area contributed by atoms with Gasteiger partial charge in [-0.1, -0.05) is 19.1 Å². The fourth-order valence-electron chi connectivity index (χ4n) is 1.90. The number of methoxy groups -OCH3 is 1. The van der Waals surface area contributed by atoms with E-state index in [0.29, 0.717) is 24.5 Å². The first kappa shape index (κ1) is 12.9. The molecule has 98 valence electrons. The van der Waals surface area contributed by atoms with Gasteiger partial charge in [0.1, 0.15) is 6.10 Å². The third kappa shape index (κ3) is 2.64. The maximum Gasteiger partial charge on any atom is 0.169 e. The van der Waals surface area contributed by atoms with E-state index >= 15 is 0 Å². The first-order chi connectivity index (χ1) is 8.76. The number of carbonyl (C=O) groups excluding carboxylic acids is 1. The Morgan fingerprint density at radius 3 is 2.61 bits per heavy atom. The van der Waals surface area contributed by atoms with Gasteiger partial charge in [0.15, 0.2) is 23.4 Å². The highest BCUT2D eigenvalue weighted by Gasteiger charge is 2.42. The zero-order chi connectivity index (χ0) is 13.0. The lowest BCUT2D eigenvalue weighted by atomic mass is 9.90. The minimum Gasteiger partial charge on any atom is -0.490 e. The second-order valence-electron chi connectivity index (χ2n) is 4.28. The lowest BCUT2D eigenvalue weighted by Gasteiger charge is -2.33. The second-order valence-corrected chi connectivity index (χ2v) is 4.28. The van der Waals surface area contributed by atoms with E-state index in [1.807, 2.05) is 24.3 Å². The summed E-state index contributed by atoms with van der Waals surface area (Å²) in [6.07, 6.45) is 0.704. The van der Waals surface area contributed by atoms with Crippen LogP contribution in [0.15, 0.2) is 24.3 Å². The number of benzene rings is 1. The number of ether oxygens (including phenoxy) is 3. The SMILES string of the molecule is CCCOc1ccccc1OC1CC(=O)C1OC. The summed E-state index contributed by atoms with van der Waals surface area (Å²) in [7, 11) is 1.53. The Morgan fingerprint density at radius 1 is 1.28 bits per heavy atom. The molecule has 0 amide bonds. The predicted molar refractivity (Wildman–Crippen MR) is 67.1 cm³/mol. The first-order valence-electron chi connectivity index (χ1n) is 6.20. The summed E-state index contributed by atoms with van der Waals surface area (Å²) in [6, 6.07) is 7.50. The molecule has 1 fully saturated rings. The van der Waals surface area contributed by atoms with Gasteiger partial charge in [-0.3, -0.25) is 4.79 Å². The Kier molecular flexibility index (Phi) is 4.20. The Labute approximate surface area is 107 Å². The maximum atomic E-state index is 11.3. The molecule has 0 saturated heterocycles. The highest BCUT2D eigenvalue weighted by atomic mass is 16.6. The van der Waals surface area contributed by atoms with Crippen molar-refractivity contribution in [1.82, 2.24) is 0 Å². The highest BCUT2D eigenvalue weighted by Crippen LogP contribution is 2.32. The van der Waals surface area contributed by atoms with Gasteiger partial charge in [0, 0.05) is 13.5 Å². The van der Waals surface area contributed by atoms with Crippen molar-refractivity contribution in [2.75, 3.05) is 13.7 Å². The van der Waals surface area contributed by atoms with Gasteiger partial charge >= 0.3 is 0 Å². The van der Waals surface area contributed by atoms with Crippen LogP contribution in [0.5, 0.6) is 11.5 Å². The zero-order valence-corrected chi connectivity index (χ0v) is 10.7. The molecule has 1 aromatic carbocycles. The molecule has 1 aromatic rings. The normalized spacial score (nSPS) is 22.4. The monoisotopic (exact) mass is 250 g/mol. The summed E-state index contributed by atoms with van der Waals surface area (Å²) in [5, 5.41) is 0. The topological polar surface area (TPSA) is 44.8 Å². The van der Waals surface area contributed by atoms with E-state index in [9.17, 15) is 4.79 Å². The van der Waals surface area contributed by atoms with Crippen LogP contribution in [0.1, 0.15) is 19.8 Å². The molecule has 2 atom stereocenters. The van der Waals surface area contributed by atoms with Crippen LogP contribution in [-0.2, 0) is 9.53 Å². The molecular weight excluding hydrogens is 232 g/mol. The lowest BCUT2D eigenvalue weighted by Crippen LogP contribution is -2.51. The van der Waals surface area contributed by atoms with Gasteiger partial charge in [-0.05, 0) is 18.6 Å². The number of Topliss-reactive ketones (excluding diaryl/α,β-unsaturated/α-hetero) is 1. The number of ketones is 1. The molecule has 0 N–H and O–H groups in total. The Hall–Kier alpha value is -1.55. The van der Waals surface area contributed by atoms with E-state index in [4.69, 9.17) is 14.2 Å².